The van der Waals surface area contributed by atoms with E-state index in [0.29, 0.717) is 32.5 Å². The second-order valence-corrected chi connectivity index (χ2v) is 9.44. The molecule has 0 saturated heterocycles. The summed E-state index contributed by atoms with van der Waals surface area (Å²) in [6.45, 7) is 5.88. The maximum atomic E-state index is 13.5. The van der Waals surface area contributed by atoms with E-state index in [2.05, 4.69) is 4.98 Å². The molecule has 6 nitrogen and oxygen atoms in total. The molecular weight excluding hydrogens is 440 g/mol. The van der Waals surface area contributed by atoms with Gasteiger partial charge in [-0.15, -0.1) is 11.3 Å². The van der Waals surface area contributed by atoms with Crippen LogP contribution in [-0.2, 0) is 5.75 Å². The molecule has 0 aliphatic heterocycles. The quantitative estimate of drug-likeness (QED) is 0.288. The number of aromatic nitrogens is 4. The van der Waals surface area contributed by atoms with Crippen LogP contribution < -0.4 is 11.1 Å². The van der Waals surface area contributed by atoms with Crippen molar-refractivity contribution in [3.8, 4) is 5.69 Å². The van der Waals surface area contributed by atoms with E-state index in [0.717, 1.165) is 22.5 Å². The minimum absolute atomic E-state index is 0.0945. The maximum absolute atomic E-state index is 13.5. The van der Waals surface area contributed by atoms with Gasteiger partial charge < -0.3 is 0 Å². The molecule has 8 heteroatoms. The first kappa shape index (κ1) is 20.7. The number of para-hydroxylation sites is 2. The van der Waals surface area contributed by atoms with Crippen LogP contribution in [-0.4, -0.2) is 18.9 Å². The first-order valence-corrected chi connectivity index (χ1v) is 12.0. The molecule has 5 rings (SSSR count). The first-order chi connectivity index (χ1) is 15.4. The lowest BCUT2D eigenvalue weighted by Crippen LogP contribution is -2.23. The van der Waals surface area contributed by atoms with Gasteiger partial charge in [0.05, 0.1) is 22.3 Å². The van der Waals surface area contributed by atoms with E-state index in [1.165, 1.54) is 23.1 Å². The Morgan fingerprint density at radius 1 is 0.969 bits per heavy atom. The third-order valence-corrected chi connectivity index (χ3v) is 7.30. The van der Waals surface area contributed by atoms with Crippen molar-refractivity contribution in [3.63, 3.8) is 0 Å². The maximum Gasteiger partial charge on any atom is 0.266 e. The largest absolute Gasteiger partial charge is 0.269 e. The Bertz CT molecular complexity index is 1590. The molecule has 160 valence electrons. The number of benzene rings is 2. The van der Waals surface area contributed by atoms with Gasteiger partial charge in [-0.2, -0.15) is 0 Å². The molecule has 32 heavy (non-hydrogen) atoms. The van der Waals surface area contributed by atoms with Crippen LogP contribution in [0.15, 0.2) is 68.7 Å². The van der Waals surface area contributed by atoms with E-state index >= 15 is 0 Å². The van der Waals surface area contributed by atoms with E-state index in [9.17, 15) is 9.59 Å². The lowest BCUT2D eigenvalue weighted by atomic mass is 10.1. The summed E-state index contributed by atoms with van der Waals surface area (Å²) in [7, 11) is 0. The number of hydrogen-bond acceptors (Lipinski definition) is 6. The lowest BCUT2D eigenvalue weighted by molar-refractivity contribution is 0.808. The van der Waals surface area contributed by atoms with Gasteiger partial charge in [0, 0.05) is 22.9 Å². The monoisotopic (exact) mass is 460 g/mol. The van der Waals surface area contributed by atoms with Crippen LogP contribution in [0.25, 0.3) is 21.6 Å². The van der Waals surface area contributed by atoms with Crippen molar-refractivity contribution in [2.45, 2.75) is 31.7 Å². The molecule has 0 amide bonds. The van der Waals surface area contributed by atoms with Crippen molar-refractivity contribution in [3.05, 3.63) is 97.1 Å². The summed E-state index contributed by atoms with van der Waals surface area (Å²) in [6.07, 6.45) is 0. The van der Waals surface area contributed by atoms with Crippen LogP contribution in [0.5, 0.6) is 0 Å². The predicted octanol–water partition coefficient (Wildman–Crippen LogP) is 4.67. The molecule has 0 N–H and O–H groups in total. The average molecular weight is 461 g/mol. The smallest absolute Gasteiger partial charge is 0.266 e. The van der Waals surface area contributed by atoms with Gasteiger partial charge in [0.15, 0.2) is 10.1 Å². The Hall–Kier alpha value is -3.23. The molecule has 0 saturated carbocycles. The molecule has 5 aromatic rings. The van der Waals surface area contributed by atoms with Crippen LogP contribution in [0, 0.1) is 20.8 Å². The standard InChI is InChI=1S/C24H20N4O2S2/c1-14-7-6-8-15(2)21(14)28-22(30)18-9-4-5-10-19(18)26-24(28)32-13-17-11-20(29)27-16(3)12-31-23(27)25-17/h4-12H,13H2,1-3H3. The van der Waals surface area contributed by atoms with Crippen LogP contribution in [0.4, 0.5) is 0 Å². The third-order valence-electron chi connectivity index (χ3n) is 5.39. The van der Waals surface area contributed by atoms with Crippen LogP contribution in [0.2, 0.25) is 0 Å². The van der Waals surface area contributed by atoms with Crippen molar-refractivity contribution < 1.29 is 0 Å². The highest BCUT2D eigenvalue weighted by Gasteiger charge is 2.17. The van der Waals surface area contributed by atoms with Gasteiger partial charge in [-0.1, -0.05) is 42.1 Å². The number of nitrogens with zero attached hydrogens (tertiary/aromatic N) is 4. The van der Waals surface area contributed by atoms with Gasteiger partial charge >= 0.3 is 0 Å². The van der Waals surface area contributed by atoms with E-state index < -0.39 is 0 Å². The summed E-state index contributed by atoms with van der Waals surface area (Å²) in [5, 5.41) is 3.08. The summed E-state index contributed by atoms with van der Waals surface area (Å²) < 4.78 is 3.30. The van der Waals surface area contributed by atoms with Crippen molar-refractivity contribution in [2.24, 2.45) is 0 Å². The van der Waals surface area contributed by atoms with Gasteiger partial charge in [0.2, 0.25) is 0 Å². The predicted molar refractivity (Wildman–Crippen MR) is 130 cm³/mol. The minimum atomic E-state index is -0.104. The molecule has 0 bridgehead atoms. The third kappa shape index (κ3) is 3.45. The Morgan fingerprint density at radius 2 is 1.72 bits per heavy atom. The SMILES string of the molecule is Cc1cccc(C)c1-n1c(SCc2cc(=O)n3c(C)csc3n2)nc2ccccc2c1=O. The molecule has 0 aliphatic rings. The zero-order valence-electron chi connectivity index (χ0n) is 17.8. The number of rotatable bonds is 4. The molecule has 0 radical (unpaired) electrons. The van der Waals surface area contributed by atoms with Crippen LogP contribution >= 0.6 is 23.1 Å². The molecule has 0 fully saturated rings. The number of aryl methyl sites for hydroxylation is 3. The summed E-state index contributed by atoms with van der Waals surface area (Å²) in [6, 6.07) is 14.9. The fraction of sp³-hybridized carbons (Fsp3) is 0.167. The zero-order valence-corrected chi connectivity index (χ0v) is 19.5. The highest BCUT2D eigenvalue weighted by atomic mass is 32.2. The summed E-state index contributed by atoms with van der Waals surface area (Å²) in [4.78, 5) is 36.2. The second-order valence-electron chi connectivity index (χ2n) is 7.66. The van der Waals surface area contributed by atoms with Gasteiger partial charge in [-0.25, -0.2) is 9.97 Å². The Labute approximate surface area is 192 Å². The molecular formula is C24H20N4O2S2. The molecule has 0 atom stereocenters. The number of fused-ring (bicyclic) bond motifs is 2. The van der Waals surface area contributed by atoms with E-state index in [1.54, 1.807) is 21.1 Å². The molecule has 0 spiro atoms. The number of thioether (sulfide) groups is 1. The Kier molecular flexibility index (Phi) is 5.19. The molecule has 0 unspecified atom stereocenters. The molecule has 3 aromatic heterocycles. The fourth-order valence-electron chi connectivity index (χ4n) is 3.88. The van der Waals surface area contributed by atoms with E-state index in [1.807, 2.05) is 62.5 Å². The second kappa shape index (κ2) is 8.03. The Morgan fingerprint density at radius 3 is 2.50 bits per heavy atom. The normalized spacial score (nSPS) is 11.5. The van der Waals surface area contributed by atoms with Crippen molar-refractivity contribution >= 4 is 39.0 Å². The van der Waals surface area contributed by atoms with Crippen molar-refractivity contribution in [1.29, 1.82) is 0 Å². The van der Waals surface area contributed by atoms with E-state index in [4.69, 9.17) is 4.98 Å². The van der Waals surface area contributed by atoms with Gasteiger partial charge in [-0.05, 0) is 44.0 Å². The number of hydrogen-bond donors (Lipinski definition) is 0. The van der Waals surface area contributed by atoms with Crippen LogP contribution in [0.3, 0.4) is 0 Å². The molecule has 2 aromatic carbocycles. The van der Waals surface area contributed by atoms with Crippen LogP contribution in [0.1, 0.15) is 22.5 Å². The van der Waals surface area contributed by atoms with Gasteiger partial charge in [0.25, 0.3) is 11.1 Å². The first-order valence-electron chi connectivity index (χ1n) is 10.1. The van der Waals surface area contributed by atoms with E-state index in [-0.39, 0.29) is 11.1 Å². The lowest BCUT2D eigenvalue weighted by Gasteiger charge is -2.17. The molecule has 3 heterocycles. The summed E-state index contributed by atoms with van der Waals surface area (Å²) in [5.74, 6) is 0.429. The molecule has 0 aliphatic carbocycles. The zero-order chi connectivity index (χ0) is 22.4. The van der Waals surface area contributed by atoms with Crippen molar-refractivity contribution in [1.82, 2.24) is 18.9 Å². The highest BCUT2D eigenvalue weighted by Crippen LogP contribution is 2.27. The fourth-order valence-corrected chi connectivity index (χ4v) is 5.66. The minimum Gasteiger partial charge on any atom is -0.269 e. The Balaban J connectivity index is 1.65. The topological polar surface area (TPSA) is 69.3 Å². The summed E-state index contributed by atoms with van der Waals surface area (Å²) >= 11 is 2.86. The van der Waals surface area contributed by atoms with Crippen molar-refractivity contribution in [2.75, 3.05) is 0 Å². The summed E-state index contributed by atoms with van der Waals surface area (Å²) in [5.41, 5.74) is 4.83. The van der Waals surface area contributed by atoms with Gasteiger partial charge in [0.1, 0.15) is 0 Å². The average Bonchev–Trinajstić information content (AvgIpc) is 3.15. The highest BCUT2D eigenvalue weighted by molar-refractivity contribution is 7.98. The number of thiazole rings is 1. The van der Waals surface area contributed by atoms with Gasteiger partial charge in [-0.3, -0.25) is 18.6 Å².